The van der Waals surface area contributed by atoms with E-state index in [1.807, 2.05) is 18.2 Å². The van der Waals surface area contributed by atoms with Crippen LogP contribution in [0.15, 0.2) is 42.0 Å². The lowest BCUT2D eigenvalue weighted by Crippen LogP contribution is -2.51. The molecule has 0 bridgehead atoms. The molecule has 0 unspecified atom stereocenters. The lowest BCUT2D eigenvalue weighted by atomic mass is 9.98. The second kappa shape index (κ2) is 9.43. The quantitative estimate of drug-likeness (QED) is 0.657. The molecule has 2 aliphatic rings. The van der Waals surface area contributed by atoms with E-state index < -0.39 is 5.97 Å². The SMILES string of the molecule is CCCc1ccc(COc2ccc3c(c2)OCC(CN2CC(C(=O)O)C2)=C3)c(OC)c1. The predicted octanol–water partition coefficient (Wildman–Crippen LogP) is 4.02. The van der Waals surface area contributed by atoms with Crippen molar-refractivity contribution in [2.75, 3.05) is 33.4 Å². The highest BCUT2D eigenvalue weighted by Gasteiger charge is 2.32. The lowest BCUT2D eigenvalue weighted by Gasteiger charge is -2.37. The molecule has 0 aromatic heterocycles. The number of ether oxygens (including phenoxy) is 3. The monoisotopic (exact) mass is 423 g/mol. The summed E-state index contributed by atoms with van der Waals surface area (Å²) in [6.07, 6.45) is 4.27. The second-order valence-electron chi connectivity index (χ2n) is 8.21. The first-order chi connectivity index (χ1) is 15.1. The van der Waals surface area contributed by atoms with E-state index in [0.29, 0.717) is 26.3 Å². The van der Waals surface area contributed by atoms with Crippen molar-refractivity contribution in [2.24, 2.45) is 5.92 Å². The fourth-order valence-electron chi connectivity index (χ4n) is 4.03. The van der Waals surface area contributed by atoms with Gasteiger partial charge in [-0.3, -0.25) is 9.69 Å². The summed E-state index contributed by atoms with van der Waals surface area (Å²) < 4.78 is 17.5. The van der Waals surface area contributed by atoms with Gasteiger partial charge in [0.2, 0.25) is 0 Å². The number of carboxylic acids is 1. The Morgan fingerprint density at radius 2 is 2.06 bits per heavy atom. The number of likely N-dealkylation sites (tertiary alicyclic amines) is 1. The number of benzene rings is 2. The molecule has 0 radical (unpaired) electrons. The van der Waals surface area contributed by atoms with Crippen molar-refractivity contribution >= 4 is 12.0 Å². The van der Waals surface area contributed by atoms with Gasteiger partial charge in [-0.2, -0.15) is 0 Å². The van der Waals surface area contributed by atoms with Crippen LogP contribution in [-0.4, -0.2) is 49.3 Å². The minimum atomic E-state index is -0.711. The number of carboxylic acid groups (broad SMARTS) is 1. The maximum absolute atomic E-state index is 11.0. The molecule has 6 nitrogen and oxygen atoms in total. The van der Waals surface area contributed by atoms with Crippen LogP contribution in [0, 0.1) is 5.92 Å². The maximum Gasteiger partial charge on any atom is 0.309 e. The second-order valence-corrected chi connectivity index (χ2v) is 8.21. The zero-order chi connectivity index (χ0) is 21.8. The number of carbonyl (C=O) groups is 1. The van der Waals surface area contributed by atoms with Gasteiger partial charge in [-0.15, -0.1) is 0 Å². The van der Waals surface area contributed by atoms with Gasteiger partial charge in [0.15, 0.2) is 0 Å². The van der Waals surface area contributed by atoms with Gasteiger partial charge in [0.05, 0.1) is 13.0 Å². The highest BCUT2D eigenvalue weighted by Crippen LogP contribution is 2.32. The van der Waals surface area contributed by atoms with Crippen molar-refractivity contribution in [1.29, 1.82) is 0 Å². The molecule has 0 saturated carbocycles. The van der Waals surface area contributed by atoms with Crippen LogP contribution >= 0.6 is 0 Å². The van der Waals surface area contributed by atoms with E-state index in [2.05, 4.69) is 36.1 Å². The maximum atomic E-state index is 11.0. The molecular formula is C25H29NO5. The molecule has 2 heterocycles. The van der Waals surface area contributed by atoms with E-state index in [4.69, 9.17) is 19.3 Å². The summed E-state index contributed by atoms with van der Waals surface area (Å²) in [4.78, 5) is 13.1. The molecule has 0 amide bonds. The third kappa shape index (κ3) is 5.02. The molecule has 0 spiro atoms. The number of rotatable bonds is 9. The third-order valence-corrected chi connectivity index (χ3v) is 5.78. The van der Waals surface area contributed by atoms with Gasteiger partial charge in [-0.1, -0.05) is 25.5 Å². The first-order valence-electron chi connectivity index (χ1n) is 10.8. The van der Waals surface area contributed by atoms with Crippen LogP contribution in [0.25, 0.3) is 6.08 Å². The largest absolute Gasteiger partial charge is 0.496 e. The Balaban J connectivity index is 1.36. The third-order valence-electron chi connectivity index (χ3n) is 5.78. The van der Waals surface area contributed by atoms with Gasteiger partial charge in [0, 0.05) is 36.8 Å². The Morgan fingerprint density at radius 1 is 1.23 bits per heavy atom. The first kappa shape index (κ1) is 21.2. The zero-order valence-corrected chi connectivity index (χ0v) is 18.1. The molecule has 0 atom stereocenters. The van der Waals surface area contributed by atoms with E-state index in [1.54, 1.807) is 7.11 Å². The smallest absolute Gasteiger partial charge is 0.309 e. The Morgan fingerprint density at radius 3 is 2.81 bits per heavy atom. The summed E-state index contributed by atoms with van der Waals surface area (Å²) in [7, 11) is 1.69. The Labute approximate surface area is 183 Å². The highest BCUT2D eigenvalue weighted by molar-refractivity contribution is 5.71. The molecule has 0 aliphatic carbocycles. The number of hydrogen-bond acceptors (Lipinski definition) is 5. The van der Waals surface area contributed by atoms with Crippen molar-refractivity contribution in [1.82, 2.24) is 4.90 Å². The van der Waals surface area contributed by atoms with Crippen LogP contribution in [0.3, 0.4) is 0 Å². The number of aryl methyl sites for hydroxylation is 1. The van der Waals surface area contributed by atoms with Gasteiger partial charge < -0.3 is 19.3 Å². The molecule has 164 valence electrons. The van der Waals surface area contributed by atoms with Crippen LogP contribution in [0.2, 0.25) is 0 Å². The van der Waals surface area contributed by atoms with Crippen LogP contribution < -0.4 is 14.2 Å². The summed E-state index contributed by atoms with van der Waals surface area (Å²) in [6, 6.07) is 12.2. The predicted molar refractivity (Wildman–Crippen MR) is 119 cm³/mol. The molecule has 1 N–H and O–H groups in total. The van der Waals surface area contributed by atoms with E-state index in [1.165, 1.54) is 5.56 Å². The number of aliphatic carboxylic acids is 1. The summed E-state index contributed by atoms with van der Waals surface area (Å²) in [6.45, 7) is 5.06. The Bertz CT molecular complexity index is 978. The molecule has 2 aromatic carbocycles. The highest BCUT2D eigenvalue weighted by atomic mass is 16.5. The average Bonchev–Trinajstić information content (AvgIpc) is 2.74. The first-order valence-corrected chi connectivity index (χ1v) is 10.8. The van der Waals surface area contributed by atoms with Gasteiger partial charge >= 0.3 is 5.97 Å². The van der Waals surface area contributed by atoms with E-state index >= 15 is 0 Å². The van der Waals surface area contributed by atoms with Crippen LogP contribution in [0.5, 0.6) is 17.2 Å². The number of nitrogens with zero attached hydrogens (tertiary/aromatic N) is 1. The molecular weight excluding hydrogens is 394 g/mol. The topological polar surface area (TPSA) is 68.2 Å². The molecule has 6 heteroatoms. The van der Waals surface area contributed by atoms with E-state index in [9.17, 15) is 4.79 Å². The number of fused-ring (bicyclic) bond motifs is 1. The molecule has 2 aromatic rings. The van der Waals surface area contributed by atoms with E-state index in [-0.39, 0.29) is 5.92 Å². The Hall–Kier alpha value is -2.99. The summed E-state index contributed by atoms with van der Waals surface area (Å²) in [5.74, 6) is 1.46. The molecule has 4 rings (SSSR count). The standard InChI is InChI=1S/C25H29NO5/c1-3-4-17-5-6-20(23(10-17)29-2)16-30-22-8-7-19-9-18(15-31-24(19)11-22)12-26-13-21(14-26)25(27)28/h5-11,21H,3-4,12-16H2,1-2H3,(H,27,28). The van der Waals surface area contributed by atoms with Crippen molar-refractivity contribution in [3.63, 3.8) is 0 Å². The van der Waals surface area contributed by atoms with Gasteiger partial charge in [-0.05, 0) is 41.8 Å². The van der Waals surface area contributed by atoms with Crippen molar-refractivity contribution in [3.8, 4) is 17.2 Å². The van der Waals surface area contributed by atoms with Crippen molar-refractivity contribution < 1.29 is 24.1 Å². The lowest BCUT2D eigenvalue weighted by molar-refractivity contribution is -0.147. The zero-order valence-electron chi connectivity index (χ0n) is 18.1. The van der Waals surface area contributed by atoms with Crippen LogP contribution in [0.1, 0.15) is 30.0 Å². The fraction of sp³-hybridized carbons (Fsp3) is 0.400. The van der Waals surface area contributed by atoms with Gasteiger partial charge in [0.25, 0.3) is 0 Å². The van der Waals surface area contributed by atoms with Gasteiger partial charge in [0.1, 0.15) is 30.5 Å². The van der Waals surface area contributed by atoms with Crippen LogP contribution in [-0.2, 0) is 17.8 Å². The molecule has 1 fully saturated rings. The Kier molecular flexibility index (Phi) is 6.47. The molecule has 1 saturated heterocycles. The minimum Gasteiger partial charge on any atom is -0.496 e. The number of methoxy groups -OCH3 is 1. The summed E-state index contributed by atoms with van der Waals surface area (Å²) in [5, 5.41) is 9.01. The summed E-state index contributed by atoms with van der Waals surface area (Å²) >= 11 is 0. The minimum absolute atomic E-state index is 0.237. The van der Waals surface area contributed by atoms with E-state index in [0.717, 1.165) is 53.3 Å². The molecule has 2 aliphatic heterocycles. The normalized spacial score (nSPS) is 16.0. The van der Waals surface area contributed by atoms with Gasteiger partial charge in [-0.25, -0.2) is 0 Å². The fourth-order valence-corrected chi connectivity index (χ4v) is 4.03. The van der Waals surface area contributed by atoms with Crippen molar-refractivity contribution in [3.05, 3.63) is 58.7 Å². The van der Waals surface area contributed by atoms with Crippen LogP contribution in [0.4, 0.5) is 0 Å². The summed E-state index contributed by atoms with van der Waals surface area (Å²) in [5.41, 5.74) is 4.45. The molecule has 31 heavy (non-hydrogen) atoms. The van der Waals surface area contributed by atoms with Crippen molar-refractivity contribution in [2.45, 2.75) is 26.4 Å². The number of hydrogen-bond donors (Lipinski definition) is 1. The average molecular weight is 424 g/mol.